The number of amides is 1. The fourth-order valence-corrected chi connectivity index (χ4v) is 3.37. The Kier molecular flexibility index (Phi) is 8.52. The topological polar surface area (TPSA) is 86.8 Å². The van der Waals surface area contributed by atoms with Gasteiger partial charge in [0, 0.05) is 41.8 Å². The Morgan fingerprint density at radius 3 is 2.56 bits per heavy atom. The number of hydrogen-bond donors (Lipinski definition) is 4. The SMILES string of the molecule is CCOC[C@H](C)N/C(=N/C(=O)c1ccc(Cl)cc1)NC1CC(c2cc(F)cc(F)c2)NN1. The summed E-state index contributed by atoms with van der Waals surface area (Å²) in [6.07, 6.45) is 0.105. The van der Waals surface area contributed by atoms with Crippen LogP contribution in [0.3, 0.4) is 0 Å². The number of nitrogens with one attached hydrogen (secondary N) is 4. The summed E-state index contributed by atoms with van der Waals surface area (Å²) in [6.45, 7) is 4.79. The minimum absolute atomic E-state index is 0.123. The van der Waals surface area contributed by atoms with E-state index in [1.165, 1.54) is 12.1 Å². The zero-order valence-corrected chi connectivity index (χ0v) is 18.5. The van der Waals surface area contributed by atoms with Crippen molar-refractivity contribution in [3.05, 3.63) is 70.2 Å². The Balaban J connectivity index is 1.71. The van der Waals surface area contributed by atoms with Gasteiger partial charge in [-0.25, -0.2) is 19.6 Å². The molecule has 172 valence electrons. The van der Waals surface area contributed by atoms with Crippen molar-refractivity contribution < 1.29 is 18.3 Å². The highest BCUT2D eigenvalue weighted by Gasteiger charge is 2.27. The van der Waals surface area contributed by atoms with Crippen molar-refractivity contribution in [1.82, 2.24) is 21.5 Å². The molecule has 7 nitrogen and oxygen atoms in total. The van der Waals surface area contributed by atoms with Crippen LogP contribution in [0.1, 0.15) is 42.2 Å². The number of nitrogens with zero attached hydrogens (tertiary/aromatic N) is 1. The molecule has 2 aromatic rings. The number of hydrazine groups is 1. The minimum atomic E-state index is -0.638. The summed E-state index contributed by atoms with van der Waals surface area (Å²) in [4.78, 5) is 16.8. The van der Waals surface area contributed by atoms with E-state index in [-0.39, 0.29) is 24.2 Å². The lowest BCUT2D eigenvalue weighted by Crippen LogP contribution is -2.52. The molecule has 4 N–H and O–H groups in total. The first-order valence-corrected chi connectivity index (χ1v) is 10.7. The Bertz CT molecular complexity index is 938. The quantitative estimate of drug-likeness (QED) is 0.371. The second-order valence-corrected chi connectivity index (χ2v) is 7.89. The number of carbonyl (C=O) groups excluding carboxylic acids is 1. The number of carbonyl (C=O) groups is 1. The van der Waals surface area contributed by atoms with Gasteiger partial charge in [0.15, 0.2) is 0 Å². The molecule has 3 rings (SSSR count). The fraction of sp³-hybridized carbons (Fsp3) is 0.364. The lowest BCUT2D eigenvalue weighted by atomic mass is 10.0. The van der Waals surface area contributed by atoms with E-state index in [0.717, 1.165) is 6.07 Å². The van der Waals surface area contributed by atoms with Crippen LogP contribution in [0.25, 0.3) is 0 Å². The van der Waals surface area contributed by atoms with E-state index < -0.39 is 17.5 Å². The number of hydrogen-bond acceptors (Lipinski definition) is 4. The Morgan fingerprint density at radius 2 is 1.91 bits per heavy atom. The van der Waals surface area contributed by atoms with Gasteiger partial charge in [-0.05, 0) is 55.8 Å². The largest absolute Gasteiger partial charge is 0.380 e. The van der Waals surface area contributed by atoms with Crippen molar-refractivity contribution in [2.45, 2.75) is 38.5 Å². The summed E-state index contributed by atoms with van der Waals surface area (Å²) in [7, 11) is 0. The van der Waals surface area contributed by atoms with E-state index in [4.69, 9.17) is 16.3 Å². The second kappa shape index (κ2) is 11.3. The monoisotopic (exact) mass is 465 g/mol. The summed E-state index contributed by atoms with van der Waals surface area (Å²) in [5, 5.41) is 6.80. The van der Waals surface area contributed by atoms with E-state index >= 15 is 0 Å². The van der Waals surface area contributed by atoms with Crippen molar-refractivity contribution in [1.29, 1.82) is 0 Å². The first kappa shape index (κ1) is 24.1. The van der Waals surface area contributed by atoms with Gasteiger partial charge in [-0.15, -0.1) is 0 Å². The van der Waals surface area contributed by atoms with Gasteiger partial charge >= 0.3 is 0 Å². The number of benzene rings is 2. The molecule has 1 fully saturated rings. The molecule has 0 aliphatic carbocycles. The number of rotatable bonds is 7. The third-order valence-electron chi connectivity index (χ3n) is 4.76. The van der Waals surface area contributed by atoms with E-state index in [0.29, 0.717) is 35.8 Å². The lowest BCUT2D eigenvalue weighted by molar-refractivity contribution is 0.100. The zero-order chi connectivity index (χ0) is 23.1. The third-order valence-corrected chi connectivity index (χ3v) is 5.01. The molecular formula is C22H26ClF2N5O2. The van der Waals surface area contributed by atoms with Gasteiger partial charge in [0.25, 0.3) is 5.91 Å². The molecule has 0 spiro atoms. The van der Waals surface area contributed by atoms with Gasteiger partial charge in [0.2, 0.25) is 5.96 Å². The van der Waals surface area contributed by atoms with Crippen molar-refractivity contribution in [2.75, 3.05) is 13.2 Å². The maximum atomic E-state index is 13.6. The molecule has 0 aromatic heterocycles. The van der Waals surface area contributed by atoms with E-state index in [2.05, 4.69) is 26.5 Å². The predicted octanol–water partition coefficient (Wildman–Crippen LogP) is 3.28. The summed E-state index contributed by atoms with van der Waals surface area (Å²) < 4.78 is 32.6. The van der Waals surface area contributed by atoms with Crippen molar-refractivity contribution in [3.63, 3.8) is 0 Å². The molecular weight excluding hydrogens is 440 g/mol. The molecule has 0 radical (unpaired) electrons. The van der Waals surface area contributed by atoms with E-state index in [1.807, 2.05) is 13.8 Å². The number of guanidine groups is 1. The van der Waals surface area contributed by atoms with Gasteiger partial charge in [0.05, 0.1) is 12.8 Å². The first-order valence-electron chi connectivity index (χ1n) is 10.3. The molecule has 32 heavy (non-hydrogen) atoms. The second-order valence-electron chi connectivity index (χ2n) is 7.45. The fourth-order valence-electron chi connectivity index (χ4n) is 3.25. The smallest absolute Gasteiger partial charge is 0.280 e. The number of halogens is 3. The average Bonchev–Trinajstić information content (AvgIpc) is 3.20. The zero-order valence-electron chi connectivity index (χ0n) is 17.8. The molecule has 3 atom stereocenters. The molecule has 1 aliphatic heterocycles. The highest BCUT2D eigenvalue weighted by Crippen LogP contribution is 2.23. The predicted molar refractivity (Wildman–Crippen MR) is 119 cm³/mol. The summed E-state index contributed by atoms with van der Waals surface area (Å²) >= 11 is 5.89. The van der Waals surface area contributed by atoms with Crippen LogP contribution in [0, 0.1) is 11.6 Å². The summed E-state index contributed by atoms with van der Waals surface area (Å²) in [5.74, 6) is -1.47. The number of ether oxygens (including phenoxy) is 1. The third kappa shape index (κ3) is 6.96. The molecule has 1 heterocycles. The van der Waals surface area contributed by atoms with Crippen LogP contribution >= 0.6 is 11.6 Å². The summed E-state index contributed by atoms with van der Waals surface area (Å²) in [6, 6.07) is 9.38. The Hall–Kier alpha value is -2.59. The Labute approximate surface area is 190 Å². The molecule has 1 saturated heterocycles. The van der Waals surface area contributed by atoms with Crippen LogP contribution in [0.2, 0.25) is 5.02 Å². The normalized spacial score (nSPS) is 19.6. The summed E-state index contributed by atoms with van der Waals surface area (Å²) in [5.41, 5.74) is 6.90. The molecule has 2 unspecified atom stereocenters. The number of aliphatic imine (C=N–C) groups is 1. The average molecular weight is 466 g/mol. The van der Waals surface area contributed by atoms with Crippen LogP contribution in [0.5, 0.6) is 0 Å². The van der Waals surface area contributed by atoms with Gasteiger partial charge in [-0.2, -0.15) is 4.99 Å². The van der Waals surface area contributed by atoms with Crippen molar-refractivity contribution in [3.8, 4) is 0 Å². The van der Waals surface area contributed by atoms with E-state index in [9.17, 15) is 13.6 Å². The minimum Gasteiger partial charge on any atom is -0.380 e. The van der Waals surface area contributed by atoms with Gasteiger partial charge in [-0.3, -0.25) is 4.79 Å². The van der Waals surface area contributed by atoms with Gasteiger partial charge in [0.1, 0.15) is 11.6 Å². The van der Waals surface area contributed by atoms with Gasteiger partial charge in [-0.1, -0.05) is 11.6 Å². The molecule has 0 saturated carbocycles. The van der Waals surface area contributed by atoms with Crippen LogP contribution in [-0.4, -0.2) is 37.3 Å². The van der Waals surface area contributed by atoms with E-state index in [1.54, 1.807) is 24.3 Å². The highest BCUT2D eigenvalue weighted by molar-refractivity contribution is 6.30. The standard InChI is InChI=1S/C22H26ClF2N5O2/c1-3-32-12-13(2)26-22(28-21(31)14-4-6-16(23)7-5-14)27-20-11-19(29-30-20)15-8-17(24)10-18(25)9-15/h4-10,13,19-20,29-30H,3,11-12H2,1-2H3,(H2,26,27,28,31)/t13-,19?,20?/m0/s1. The maximum absolute atomic E-state index is 13.6. The molecule has 1 aliphatic rings. The first-order chi connectivity index (χ1) is 15.3. The van der Waals surface area contributed by atoms with Crippen LogP contribution < -0.4 is 21.5 Å². The molecule has 10 heteroatoms. The van der Waals surface area contributed by atoms with Crippen LogP contribution in [0.15, 0.2) is 47.5 Å². The van der Waals surface area contributed by atoms with Gasteiger partial charge < -0.3 is 15.4 Å². The molecule has 1 amide bonds. The Morgan fingerprint density at radius 1 is 1.22 bits per heavy atom. The lowest BCUT2D eigenvalue weighted by Gasteiger charge is -2.21. The molecule has 0 bridgehead atoms. The van der Waals surface area contributed by atoms with Crippen LogP contribution in [0.4, 0.5) is 8.78 Å². The maximum Gasteiger partial charge on any atom is 0.280 e. The molecule has 2 aromatic carbocycles. The highest BCUT2D eigenvalue weighted by atomic mass is 35.5. The van der Waals surface area contributed by atoms with Crippen molar-refractivity contribution in [2.24, 2.45) is 4.99 Å². The van der Waals surface area contributed by atoms with Crippen molar-refractivity contribution >= 4 is 23.5 Å². The van der Waals surface area contributed by atoms with Crippen LogP contribution in [-0.2, 0) is 4.74 Å².